The number of carboxylic acids is 1. The predicted octanol–water partition coefficient (Wildman–Crippen LogP) is 2.65. The van der Waals surface area contributed by atoms with Crippen LogP contribution in [0.15, 0.2) is 0 Å². The number of hydrogen-bond donors (Lipinski definition) is 1. The number of esters is 1. The first-order valence-electron chi connectivity index (χ1n) is 6.68. The lowest BCUT2D eigenvalue weighted by Crippen LogP contribution is -2.26. The van der Waals surface area contributed by atoms with Crippen molar-refractivity contribution in [2.45, 2.75) is 64.4 Å². The summed E-state index contributed by atoms with van der Waals surface area (Å²) in [4.78, 5) is 21.9. The Kier molecular flexibility index (Phi) is 8.87. The second kappa shape index (κ2) is 9.86. The Morgan fingerprint density at radius 2 is 1.80 bits per heavy atom. The number of carbonyl (C=O) groups excluding carboxylic acids is 1. The molecule has 110 valence electrons. The molecule has 0 amide bonds. The quantitative estimate of drug-likeness (QED) is 0.419. The summed E-state index contributed by atoms with van der Waals surface area (Å²) in [5, 5.41) is 16.8. The van der Waals surface area contributed by atoms with Crippen molar-refractivity contribution in [3.8, 4) is 17.9 Å². The third-order valence-electron chi connectivity index (χ3n) is 2.39. The number of nitriles is 1. The highest BCUT2D eigenvalue weighted by molar-refractivity contribution is 5.70. The van der Waals surface area contributed by atoms with Crippen molar-refractivity contribution in [1.82, 2.24) is 0 Å². The Morgan fingerprint density at radius 3 is 2.40 bits per heavy atom. The van der Waals surface area contributed by atoms with Crippen molar-refractivity contribution in [2.75, 3.05) is 0 Å². The molecule has 0 aromatic carbocycles. The Bertz CT molecular complexity index is 423. The molecule has 0 aromatic heterocycles. The molecule has 0 unspecified atom stereocenters. The average molecular weight is 279 g/mol. The van der Waals surface area contributed by atoms with E-state index in [9.17, 15) is 9.59 Å². The van der Waals surface area contributed by atoms with Crippen LogP contribution >= 0.6 is 0 Å². The van der Waals surface area contributed by atoms with E-state index in [4.69, 9.17) is 15.1 Å². The number of unbranched alkanes of at least 4 members (excludes halogenated alkanes) is 3. The van der Waals surface area contributed by atoms with E-state index < -0.39 is 11.6 Å². The summed E-state index contributed by atoms with van der Waals surface area (Å²) in [6.07, 6.45) is 3.10. The van der Waals surface area contributed by atoms with Gasteiger partial charge in [-0.05, 0) is 26.7 Å². The molecule has 0 rings (SSSR count). The third kappa shape index (κ3) is 11.1. The topological polar surface area (TPSA) is 87.4 Å². The summed E-state index contributed by atoms with van der Waals surface area (Å²) < 4.78 is 5.23. The van der Waals surface area contributed by atoms with Gasteiger partial charge in [0, 0.05) is 25.7 Å². The summed E-state index contributed by atoms with van der Waals surface area (Å²) in [5.41, 5.74) is -0.854. The van der Waals surface area contributed by atoms with Crippen molar-refractivity contribution >= 4 is 11.9 Å². The van der Waals surface area contributed by atoms with Gasteiger partial charge >= 0.3 is 11.9 Å². The van der Waals surface area contributed by atoms with E-state index in [-0.39, 0.29) is 18.8 Å². The van der Waals surface area contributed by atoms with E-state index in [0.717, 1.165) is 0 Å². The molecule has 20 heavy (non-hydrogen) atoms. The number of carbonyl (C=O) groups is 2. The molecule has 0 aliphatic rings. The number of aliphatic carboxylic acids is 1. The third-order valence-corrected chi connectivity index (χ3v) is 2.39. The van der Waals surface area contributed by atoms with Gasteiger partial charge in [0.15, 0.2) is 5.60 Å². The molecule has 0 heterocycles. The van der Waals surface area contributed by atoms with Gasteiger partial charge in [-0.3, -0.25) is 9.59 Å². The number of hydrogen-bond acceptors (Lipinski definition) is 4. The summed E-state index contributed by atoms with van der Waals surface area (Å²) in [6.45, 7) is 3.41. The van der Waals surface area contributed by atoms with Crippen LogP contribution in [0.1, 0.15) is 58.8 Å². The highest BCUT2D eigenvalue weighted by Gasteiger charge is 2.19. The summed E-state index contributed by atoms with van der Waals surface area (Å²) >= 11 is 0. The molecule has 5 heteroatoms. The minimum absolute atomic E-state index is 0.130. The highest BCUT2D eigenvalue weighted by Crippen LogP contribution is 2.11. The maximum absolute atomic E-state index is 11.6. The van der Waals surface area contributed by atoms with Crippen LogP contribution in [0.5, 0.6) is 0 Å². The summed E-state index contributed by atoms with van der Waals surface area (Å²) in [7, 11) is 0. The zero-order chi connectivity index (χ0) is 15.4. The fourth-order valence-corrected chi connectivity index (χ4v) is 1.48. The monoisotopic (exact) mass is 279 g/mol. The Labute approximate surface area is 119 Å². The van der Waals surface area contributed by atoms with E-state index in [2.05, 4.69) is 11.8 Å². The fourth-order valence-electron chi connectivity index (χ4n) is 1.48. The smallest absolute Gasteiger partial charge is 0.307 e. The van der Waals surface area contributed by atoms with Crippen LogP contribution in [-0.2, 0) is 14.3 Å². The van der Waals surface area contributed by atoms with E-state index in [0.29, 0.717) is 32.1 Å². The molecule has 5 nitrogen and oxygen atoms in total. The van der Waals surface area contributed by atoms with Crippen LogP contribution in [0.3, 0.4) is 0 Å². The van der Waals surface area contributed by atoms with Crippen LogP contribution in [0, 0.1) is 23.2 Å². The lowest BCUT2D eigenvalue weighted by Gasteiger charge is -2.18. The van der Waals surface area contributed by atoms with Crippen molar-refractivity contribution in [2.24, 2.45) is 0 Å². The Balaban J connectivity index is 3.90. The normalized spacial score (nSPS) is 10.1. The standard InChI is InChI=1S/C15H21NO4/c1-15(2,11-7-4-8-12-16)20-14(19)10-6-3-5-9-13(17)18/h3-6,8-10H2,1-2H3,(H,17,18). The molecule has 0 aromatic rings. The van der Waals surface area contributed by atoms with Gasteiger partial charge in [-0.25, -0.2) is 0 Å². The summed E-state index contributed by atoms with van der Waals surface area (Å²) in [5.74, 6) is 4.47. The molecule has 0 atom stereocenters. The maximum Gasteiger partial charge on any atom is 0.307 e. The van der Waals surface area contributed by atoms with E-state index in [1.165, 1.54) is 0 Å². The van der Waals surface area contributed by atoms with Crippen LogP contribution < -0.4 is 0 Å². The fraction of sp³-hybridized carbons (Fsp3) is 0.667. The SMILES string of the molecule is CC(C)(C#CCCC#N)OC(=O)CCCCCC(=O)O. The van der Waals surface area contributed by atoms with Crippen LogP contribution in [0.25, 0.3) is 0 Å². The van der Waals surface area contributed by atoms with E-state index >= 15 is 0 Å². The average Bonchev–Trinajstić information content (AvgIpc) is 2.33. The maximum atomic E-state index is 11.6. The molecule has 0 saturated heterocycles. The number of ether oxygens (including phenoxy) is 1. The van der Waals surface area contributed by atoms with Gasteiger partial charge in [-0.1, -0.05) is 18.3 Å². The number of carboxylic acid groups (broad SMARTS) is 1. The zero-order valence-electron chi connectivity index (χ0n) is 12.1. The number of nitrogens with zero attached hydrogens (tertiary/aromatic N) is 1. The van der Waals surface area contributed by atoms with Gasteiger partial charge in [-0.2, -0.15) is 5.26 Å². The predicted molar refractivity (Wildman–Crippen MR) is 73.5 cm³/mol. The molecule has 0 aliphatic heterocycles. The summed E-state index contributed by atoms with van der Waals surface area (Å²) in [6, 6.07) is 1.99. The zero-order valence-corrected chi connectivity index (χ0v) is 12.1. The molecule has 0 aliphatic carbocycles. The highest BCUT2D eigenvalue weighted by atomic mass is 16.6. The number of rotatable bonds is 8. The van der Waals surface area contributed by atoms with Gasteiger partial charge in [-0.15, -0.1) is 0 Å². The van der Waals surface area contributed by atoms with Crippen LogP contribution in [0.4, 0.5) is 0 Å². The largest absolute Gasteiger partial charge is 0.481 e. The first-order chi connectivity index (χ1) is 9.37. The van der Waals surface area contributed by atoms with Gasteiger partial charge < -0.3 is 9.84 Å². The van der Waals surface area contributed by atoms with Crippen LogP contribution in [-0.4, -0.2) is 22.6 Å². The van der Waals surface area contributed by atoms with Gasteiger partial charge in [0.2, 0.25) is 0 Å². The Hall–Kier alpha value is -2.01. The minimum atomic E-state index is -0.854. The molecule has 0 fully saturated rings. The molecule has 0 saturated carbocycles. The molecule has 0 spiro atoms. The lowest BCUT2D eigenvalue weighted by atomic mass is 10.1. The molecular formula is C15H21NO4. The van der Waals surface area contributed by atoms with Crippen molar-refractivity contribution < 1.29 is 19.4 Å². The van der Waals surface area contributed by atoms with Gasteiger partial charge in [0.1, 0.15) is 0 Å². The molecular weight excluding hydrogens is 258 g/mol. The molecule has 0 bridgehead atoms. The van der Waals surface area contributed by atoms with E-state index in [1.807, 2.05) is 6.07 Å². The first kappa shape index (κ1) is 18.0. The van der Waals surface area contributed by atoms with Gasteiger partial charge in [0.05, 0.1) is 6.07 Å². The molecule has 1 N–H and O–H groups in total. The minimum Gasteiger partial charge on any atom is -0.481 e. The van der Waals surface area contributed by atoms with Crippen molar-refractivity contribution in [3.63, 3.8) is 0 Å². The Morgan fingerprint density at radius 1 is 1.15 bits per heavy atom. The van der Waals surface area contributed by atoms with Crippen molar-refractivity contribution in [1.29, 1.82) is 5.26 Å². The second-order valence-electron chi connectivity index (χ2n) is 4.90. The first-order valence-corrected chi connectivity index (χ1v) is 6.68. The van der Waals surface area contributed by atoms with E-state index in [1.54, 1.807) is 13.8 Å². The lowest BCUT2D eigenvalue weighted by molar-refractivity contribution is -0.151. The second-order valence-corrected chi connectivity index (χ2v) is 4.90. The van der Waals surface area contributed by atoms with Crippen molar-refractivity contribution in [3.05, 3.63) is 0 Å². The molecule has 0 radical (unpaired) electrons. The van der Waals surface area contributed by atoms with Gasteiger partial charge in [0.25, 0.3) is 0 Å². The van der Waals surface area contributed by atoms with Crippen LogP contribution in [0.2, 0.25) is 0 Å².